The highest BCUT2D eigenvalue weighted by molar-refractivity contribution is 6.30. The van der Waals surface area contributed by atoms with Gasteiger partial charge in [0.25, 0.3) is 0 Å². The summed E-state index contributed by atoms with van der Waals surface area (Å²) >= 11 is 5.75. The van der Waals surface area contributed by atoms with Crippen molar-refractivity contribution in [3.63, 3.8) is 0 Å². The van der Waals surface area contributed by atoms with Gasteiger partial charge in [-0.3, -0.25) is 9.48 Å². The minimum Gasteiger partial charge on any atom is -0.481 e. The fraction of sp³-hybridized carbons (Fsp3) is 0.227. The minimum atomic E-state index is -0.895. The second-order valence-electron chi connectivity index (χ2n) is 7.11. The smallest absolute Gasteiger partial charge is 0.323 e. The zero-order valence-electron chi connectivity index (χ0n) is 17.0. The van der Waals surface area contributed by atoms with E-state index in [0.29, 0.717) is 17.7 Å². The largest absolute Gasteiger partial charge is 0.481 e. The number of aliphatic carboxylic acids is 1. The number of nitrogens with zero attached hydrogens (tertiary/aromatic N) is 2. The number of hydrogen-bond acceptors (Lipinski definition) is 3. The fourth-order valence-electron chi connectivity index (χ4n) is 3.31. The molecule has 0 aliphatic rings. The first-order valence-electron chi connectivity index (χ1n) is 9.64. The average Bonchev–Trinajstić information content (AvgIpc) is 3.14. The SMILES string of the molecule is CCC(CC(=O)O)c1ccc(-c2cnn(C)c2)c(NC(=O)Nc2ccc(Cl)cc2F)c1. The predicted octanol–water partition coefficient (Wildman–Crippen LogP) is 5.49. The molecule has 1 aromatic heterocycles. The Morgan fingerprint density at radius 1 is 1.19 bits per heavy atom. The van der Waals surface area contributed by atoms with Gasteiger partial charge in [-0.15, -0.1) is 0 Å². The van der Waals surface area contributed by atoms with E-state index in [0.717, 1.165) is 17.2 Å². The number of anilines is 2. The monoisotopic (exact) mass is 444 g/mol. The fourth-order valence-corrected chi connectivity index (χ4v) is 3.47. The third kappa shape index (κ3) is 5.61. The van der Waals surface area contributed by atoms with E-state index < -0.39 is 17.8 Å². The van der Waals surface area contributed by atoms with Crippen LogP contribution in [0.25, 0.3) is 11.1 Å². The average molecular weight is 445 g/mol. The van der Waals surface area contributed by atoms with E-state index in [1.807, 2.05) is 19.1 Å². The van der Waals surface area contributed by atoms with Crippen LogP contribution in [0, 0.1) is 5.82 Å². The van der Waals surface area contributed by atoms with Crippen LogP contribution in [0.1, 0.15) is 31.2 Å². The van der Waals surface area contributed by atoms with Gasteiger partial charge >= 0.3 is 12.0 Å². The normalized spacial score (nSPS) is 11.7. The number of carbonyl (C=O) groups excluding carboxylic acids is 1. The third-order valence-electron chi connectivity index (χ3n) is 4.87. The molecule has 0 aliphatic carbocycles. The lowest BCUT2D eigenvalue weighted by Crippen LogP contribution is -2.21. The van der Waals surface area contributed by atoms with Gasteiger partial charge in [-0.1, -0.05) is 30.7 Å². The summed E-state index contributed by atoms with van der Waals surface area (Å²) in [5.74, 6) is -1.76. The van der Waals surface area contributed by atoms with Crippen molar-refractivity contribution in [2.75, 3.05) is 10.6 Å². The van der Waals surface area contributed by atoms with Crippen LogP contribution in [0.3, 0.4) is 0 Å². The van der Waals surface area contributed by atoms with Gasteiger partial charge in [0.1, 0.15) is 5.82 Å². The second kappa shape index (κ2) is 9.61. The van der Waals surface area contributed by atoms with Gasteiger partial charge in [0, 0.05) is 29.4 Å². The first-order chi connectivity index (χ1) is 14.8. The van der Waals surface area contributed by atoms with Gasteiger partial charge in [-0.25, -0.2) is 9.18 Å². The molecule has 1 unspecified atom stereocenters. The lowest BCUT2D eigenvalue weighted by Gasteiger charge is -2.17. The van der Waals surface area contributed by atoms with Gasteiger partial charge < -0.3 is 15.7 Å². The highest BCUT2D eigenvalue weighted by atomic mass is 35.5. The molecule has 0 bridgehead atoms. The van der Waals surface area contributed by atoms with Crippen molar-refractivity contribution >= 4 is 35.0 Å². The molecule has 3 rings (SSSR count). The maximum absolute atomic E-state index is 14.0. The number of carbonyl (C=O) groups is 2. The number of carboxylic acid groups (broad SMARTS) is 1. The number of aryl methyl sites for hydroxylation is 1. The molecule has 0 saturated heterocycles. The second-order valence-corrected chi connectivity index (χ2v) is 7.55. The molecule has 1 heterocycles. The predicted molar refractivity (Wildman–Crippen MR) is 118 cm³/mol. The van der Waals surface area contributed by atoms with Crippen LogP contribution in [0.4, 0.5) is 20.6 Å². The van der Waals surface area contributed by atoms with E-state index in [9.17, 15) is 19.1 Å². The van der Waals surface area contributed by atoms with Crippen LogP contribution in [-0.2, 0) is 11.8 Å². The van der Waals surface area contributed by atoms with Crippen molar-refractivity contribution in [1.29, 1.82) is 0 Å². The van der Waals surface area contributed by atoms with Gasteiger partial charge in [0.05, 0.1) is 24.0 Å². The summed E-state index contributed by atoms with van der Waals surface area (Å²) in [5.41, 5.74) is 2.70. The van der Waals surface area contributed by atoms with E-state index in [1.165, 1.54) is 12.1 Å². The first kappa shape index (κ1) is 22.3. The highest BCUT2D eigenvalue weighted by Crippen LogP contribution is 2.33. The zero-order valence-corrected chi connectivity index (χ0v) is 17.8. The number of nitrogens with one attached hydrogen (secondary N) is 2. The quantitative estimate of drug-likeness (QED) is 0.448. The summed E-state index contributed by atoms with van der Waals surface area (Å²) in [4.78, 5) is 23.8. The van der Waals surface area contributed by atoms with E-state index >= 15 is 0 Å². The molecular formula is C22H22ClFN4O3. The number of rotatable bonds is 7. The minimum absolute atomic E-state index is 0.0155. The molecule has 3 N–H and O–H groups in total. The summed E-state index contributed by atoms with van der Waals surface area (Å²) in [6.07, 6.45) is 4.06. The molecule has 3 aromatic rings. The van der Waals surface area contributed by atoms with Crippen molar-refractivity contribution in [2.24, 2.45) is 7.05 Å². The number of amides is 2. The van der Waals surface area contributed by atoms with Gasteiger partial charge in [0.15, 0.2) is 0 Å². The maximum atomic E-state index is 14.0. The zero-order chi connectivity index (χ0) is 22.5. The molecule has 2 aromatic carbocycles. The Hall–Kier alpha value is -3.39. The molecule has 0 fully saturated rings. The molecule has 162 valence electrons. The first-order valence-corrected chi connectivity index (χ1v) is 10.0. The molecule has 0 aliphatic heterocycles. The molecule has 2 amide bonds. The Morgan fingerprint density at radius 2 is 1.94 bits per heavy atom. The van der Waals surface area contributed by atoms with Crippen LogP contribution in [0.2, 0.25) is 5.02 Å². The molecule has 0 spiro atoms. The van der Waals surface area contributed by atoms with Crippen molar-refractivity contribution in [1.82, 2.24) is 9.78 Å². The van der Waals surface area contributed by atoms with E-state index in [1.54, 1.807) is 30.2 Å². The summed E-state index contributed by atoms with van der Waals surface area (Å²) in [6.45, 7) is 1.91. The number of hydrogen-bond donors (Lipinski definition) is 3. The summed E-state index contributed by atoms with van der Waals surface area (Å²) in [5, 5.41) is 18.8. The van der Waals surface area contributed by atoms with Crippen molar-refractivity contribution in [3.8, 4) is 11.1 Å². The Kier molecular flexibility index (Phi) is 6.91. The van der Waals surface area contributed by atoms with Crippen LogP contribution in [-0.4, -0.2) is 26.9 Å². The molecular weight excluding hydrogens is 423 g/mol. The van der Waals surface area contributed by atoms with Crippen molar-refractivity contribution < 1.29 is 19.1 Å². The van der Waals surface area contributed by atoms with Gasteiger partial charge in [-0.05, 0) is 42.2 Å². The Labute approximate surface area is 183 Å². The maximum Gasteiger partial charge on any atom is 0.323 e. The van der Waals surface area contributed by atoms with Crippen LogP contribution in [0.5, 0.6) is 0 Å². The van der Waals surface area contributed by atoms with Crippen LogP contribution >= 0.6 is 11.6 Å². The summed E-state index contributed by atoms with van der Waals surface area (Å²) in [7, 11) is 1.78. The molecule has 31 heavy (non-hydrogen) atoms. The molecule has 1 atom stereocenters. The molecule has 7 nitrogen and oxygen atoms in total. The van der Waals surface area contributed by atoms with Gasteiger partial charge in [0.2, 0.25) is 0 Å². The van der Waals surface area contributed by atoms with E-state index in [4.69, 9.17) is 11.6 Å². The third-order valence-corrected chi connectivity index (χ3v) is 5.11. The number of urea groups is 1. The number of halogens is 2. The number of carboxylic acids is 1. The van der Waals surface area contributed by atoms with Gasteiger partial charge in [-0.2, -0.15) is 5.10 Å². The Morgan fingerprint density at radius 3 is 2.55 bits per heavy atom. The lowest BCUT2D eigenvalue weighted by atomic mass is 9.91. The Bertz CT molecular complexity index is 1120. The summed E-state index contributed by atoms with van der Waals surface area (Å²) in [6, 6.07) is 8.72. The number of aromatic nitrogens is 2. The van der Waals surface area contributed by atoms with Crippen molar-refractivity contribution in [3.05, 3.63) is 65.2 Å². The van der Waals surface area contributed by atoms with Crippen molar-refractivity contribution in [2.45, 2.75) is 25.7 Å². The van der Waals surface area contributed by atoms with Crippen LogP contribution < -0.4 is 10.6 Å². The molecule has 9 heteroatoms. The Balaban J connectivity index is 1.93. The lowest BCUT2D eigenvalue weighted by molar-refractivity contribution is -0.137. The topological polar surface area (TPSA) is 96.2 Å². The molecule has 0 saturated carbocycles. The molecule has 0 radical (unpaired) electrons. The highest BCUT2D eigenvalue weighted by Gasteiger charge is 2.18. The van der Waals surface area contributed by atoms with E-state index in [-0.39, 0.29) is 23.0 Å². The number of benzene rings is 2. The van der Waals surface area contributed by atoms with Crippen LogP contribution in [0.15, 0.2) is 48.8 Å². The summed E-state index contributed by atoms with van der Waals surface area (Å²) < 4.78 is 15.7. The standard InChI is InChI=1S/C22H22ClFN4O3/c1-3-13(9-21(29)30)14-4-6-17(15-11-25-28(2)12-15)20(8-14)27-22(31)26-19-7-5-16(23)10-18(19)24/h4-8,10-13H,3,9H2,1-2H3,(H,29,30)(H2,26,27,31). The van der Waals surface area contributed by atoms with E-state index in [2.05, 4.69) is 15.7 Å².